The molecule has 0 spiro atoms. The largest absolute Gasteiger partial charge is 3.00 e. The molecular formula is C13H22NNi. The van der Waals surface area contributed by atoms with Crippen molar-refractivity contribution in [3.05, 3.63) is 50.4 Å². The van der Waals surface area contributed by atoms with Gasteiger partial charge in [-0.1, -0.05) is 26.1 Å². The van der Waals surface area contributed by atoms with Crippen molar-refractivity contribution in [3.63, 3.8) is 0 Å². The molecule has 0 aromatic carbocycles. The van der Waals surface area contributed by atoms with Crippen molar-refractivity contribution in [2.24, 2.45) is 0 Å². The van der Waals surface area contributed by atoms with Crippen molar-refractivity contribution < 1.29 is 16.5 Å². The smallest absolute Gasteiger partial charge is 0.344 e. The van der Waals surface area contributed by atoms with Crippen LogP contribution < -0.4 is 0 Å². The summed E-state index contributed by atoms with van der Waals surface area (Å²) in [7, 11) is 0. The molecule has 1 radical (unpaired) electrons. The molecule has 0 saturated carbocycles. The van der Waals surface area contributed by atoms with Gasteiger partial charge in [0.25, 0.3) is 0 Å². The minimum atomic E-state index is 0. The molecule has 0 unspecified atom stereocenters. The van der Waals surface area contributed by atoms with Gasteiger partial charge in [-0.05, 0) is 6.92 Å². The summed E-state index contributed by atoms with van der Waals surface area (Å²) in [5.41, 5.74) is 2.01. The van der Waals surface area contributed by atoms with Crippen LogP contribution in [-0.4, -0.2) is 4.98 Å². The van der Waals surface area contributed by atoms with Crippen molar-refractivity contribution in [1.29, 1.82) is 0 Å². The van der Waals surface area contributed by atoms with Gasteiger partial charge in [-0.2, -0.15) is 31.4 Å². The molecule has 1 rings (SSSR count). The van der Waals surface area contributed by atoms with E-state index in [0.717, 1.165) is 24.1 Å². The van der Waals surface area contributed by atoms with E-state index in [1.807, 2.05) is 32.9 Å². The standard InChI is InChI=1S/C7H8N.2C3H7.Ni/c1-6-3-4-7(2)8-5-6;2*1-3-2;/h3-5H,1H2,2H3;2*1,3H2,2H3;/q3*-1;+3. The normalized spacial score (nSPS) is 7.27. The van der Waals surface area contributed by atoms with E-state index >= 15 is 0 Å². The fourth-order valence-electron chi connectivity index (χ4n) is 0.498. The number of pyridine rings is 1. The van der Waals surface area contributed by atoms with Gasteiger partial charge < -0.3 is 18.8 Å². The summed E-state index contributed by atoms with van der Waals surface area (Å²) in [5.74, 6) is 0. The zero-order valence-electron chi connectivity index (χ0n) is 10.0. The summed E-state index contributed by atoms with van der Waals surface area (Å²) in [6, 6.07) is 3.89. The van der Waals surface area contributed by atoms with Crippen molar-refractivity contribution in [2.45, 2.75) is 33.6 Å². The van der Waals surface area contributed by atoms with Gasteiger partial charge in [0.05, 0.1) is 0 Å². The second-order valence-electron chi connectivity index (χ2n) is 2.81. The van der Waals surface area contributed by atoms with E-state index < -0.39 is 0 Å². The number of aryl methyl sites for hydroxylation is 1. The van der Waals surface area contributed by atoms with E-state index in [0.29, 0.717) is 0 Å². The molecule has 0 N–H and O–H groups in total. The molecule has 1 heterocycles. The van der Waals surface area contributed by atoms with Crippen molar-refractivity contribution in [2.75, 3.05) is 0 Å². The summed E-state index contributed by atoms with van der Waals surface area (Å²) in [4.78, 5) is 4.02. The summed E-state index contributed by atoms with van der Waals surface area (Å²) in [6.45, 7) is 16.7. The minimum Gasteiger partial charge on any atom is -0.344 e. The Labute approximate surface area is 106 Å². The monoisotopic (exact) mass is 250 g/mol. The predicted octanol–water partition coefficient (Wildman–Crippen LogP) is 4.03. The molecule has 0 atom stereocenters. The Hall–Kier alpha value is -0.486. The maximum atomic E-state index is 4.02. The molecule has 15 heavy (non-hydrogen) atoms. The van der Waals surface area contributed by atoms with Gasteiger partial charge in [0.2, 0.25) is 0 Å². The van der Waals surface area contributed by atoms with Crippen LogP contribution in [0.1, 0.15) is 37.9 Å². The number of hydrogen-bond donors (Lipinski definition) is 0. The topological polar surface area (TPSA) is 12.9 Å². The third kappa shape index (κ3) is 19.8. The van der Waals surface area contributed by atoms with Gasteiger partial charge in [0, 0.05) is 5.69 Å². The second kappa shape index (κ2) is 16.0. The van der Waals surface area contributed by atoms with Gasteiger partial charge >= 0.3 is 16.5 Å². The molecule has 1 aromatic heterocycles. The Morgan fingerprint density at radius 1 is 1.13 bits per heavy atom. The third-order valence-corrected chi connectivity index (χ3v) is 0.973. The van der Waals surface area contributed by atoms with Crippen LogP contribution in [0.2, 0.25) is 0 Å². The molecule has 0 saturated heterocycles. The molecule has 0 aliphatic rings. The number of hydrogen-bond acceptors (Lipinski definition) is 1. The SMILES string of the molecule is [CH2-]CC.[CH2-]CC.[CH2-]c1ccc(C)nc1.[Ni+3]. The van der Waals surface area contributed by atoms with Crippen molar-refractivity contribution >= 4 is 0 Å². The maximum absolute atomic E-state index is 4.02. The molecule has 0 aliphatic carbocycles. The van der Waals surface area contributed by atoms with E-state index in [2.05, 4.69) is 25.8 Å². The second-order valence-corrected chi connectivity index (χ2v) is 2.81. The summed E-state index contributed by atoms with van der Waals surface area (Å²) in [6.07, 6.45) is 3.76. The molecule has 0 bridgehead atoms. The molecular weight excluding hydrogens is 229 g/mol. The average Bonchev–Trinajstić information content (AvgIpc) is 2.13. The van der Waals surface area contributed by atoms with Gasteiger partial charge in [-0.15, -0.1) is 0 Å². The van der Waals surface area contributed by atoms with Crippen LogP contribution in [-0.2, 0) is 16.5 Å². The van der Waals surface area contributed by atoms with E-state index in [9.17, 15) is 0 Å². The zero-order valence-corrected chi connectivity index (χ0v) is 11.0. The Balaban J connectivity index is -0.000000177. The van der Waals surface area contributed by atoms with Crippen LogP contribution in [0.4, 0.5) is 0 Å². The Morgan fingerprint density at radius 2 is 1.53 bits per heavy atom. The van der Waals surface area contributed by atoms with E-state index in [1.54, 1.807) is 6.20 Å². The van der Waals surface area contributed by atoms with E-state index in [-0.39, 0.29) is 16.5 Å². The molecule has 1 aromatic rings. The maximum Gasteiger partial charge on any atom is 3.00 e. The quantitative estimate of drug-likeness (QED) is 0.501. The molecule has 89 valence electrons. The molecule has 0 amide bonds. The average molecular weight is 251 g/mol. The molecule has 0 aliphatic heterocycles. The summed E-state index contributed by atoms with van der Waals surface area (Å²) < 4.78 is 0. The van der Waals surface area contributed by atoms with Gasteiger partial charge in [0.15, 0.2) is 0 Å². The van der Waals surface area contributed by atoms with E-state index in [1.165, 1.54) is 0 Å². The predicted molar refractivity (Wildman–Crippen MR) is 64.7 cm³/mol. The Morgan fingerprint density at radius 3 is 1.73 bits per heavy atom. The van der Waals surface area contributed by atoms with Gasteiger partial charge in [-0.25, -0.2) is 0 Å². The number of aromatic nitrogens is 1. The van der Waals surface area contributed by atoms with Gasteiger partial charge in [0.1, 0.15) is 0 Å². The van der Waals surface area contributed by atoms with Gasteiger partial charge in [-0.3, -0.25) is 0 Å². The first-order valence-corrected chi connectivity index (χ1v) is 4.95. The zero-order chi connectivity index (χ0) is 11.4. The number of rotatable bonds is 0. The first-order chi connectivity index (χ1) is 6.62. The van der Waals surface area contributed by atoms with Crippen molar-refractivity contribution in [1.82, 2.24) is 4.98 Å². The first kappa shape index (κ1) is 20.0. The number of nitrogens with zero attached hydrogens (tertiary/aromatic N) is 1. The first-order valence-electron chi connectivity index (χ1n) is 4.95. The fraction of sp³-hybridized carbons (Fsp3) is 0.385. The van der Waals surface area contributed by atoms with Crippen LogP contribution in [0, 0.1) is 27.7 Å². The third-order valence-electron chi connectivity index (χ3n) is 0.973. The van der Waals surface area contributed by atoms with E-state index in [4.69, 9.17) is 0 Å². The molecule has 1 nitrogen and oxygen atoms in total. The molecule has 2 heteroatoms. The van der Waals surface area contributed by atoms with Crippen LogP contribution in [0.3, 0.4) is 0 Å². The van der Waals surface area contributed by atoms with Crippen LogP contribution in [0.15, 0.2) is 18.3 Å². The van der Waals surface area contributed by atoms with Crippen LogP contribution in [0.5, 0.6) is 0 Å². The summed E-state index contributed by atoms with van der Waals surface area (Å²) in [5, 5.41) is 0. The fourth-order valence-corrected chi connectivity index (χ4v) is 0.498. The summed E-state index contributed by atoms with van der Waals surface area (Å²) >= 11 is 0. The van der Waals surface area contributed by atoms with Crippen LogP contribution in [0.25, 0.3) is 0 Å². The van der Waals surface area contributed by atoms with Crippen LogP contribution >= 0.6 is 0 Å². The minimum absolute atomic E-state index is 0. The Kier molecular flexibility index (Phi) is 21.3. The molecule has 0 fully saturated rings. The Bertz CT molecular complexity index is 171. The van der Waals surface area contributed by atoms with Crippen molar-refractivity contribution in [3.8, 4) is 0 Å².